The van der Waals surface area contributed by atoms with Crippen molar-refractivity contribution in [2.75, 3.05) is 5.43 Å². The second kappa shape index (κ2) is 4.62. The Balaban J connectivity index is 2.29. The number of carbonyl (C=O) groups is 2. The molecule has 0 saturated heterocycles. The molecule has 0 saturated carbocycles. The Morgan fingerprint density at radius 3 is 2.35 bits per heavy atom. The molecule has 0 atom stereocenters. The van der Waals surface area contributed by atoms with Gasteiger partial charge in [-0.15, -0.1) is 0 Å². The Morgan fingerprint density at radius 1 is 1.20 bits per heavy atom. The van der Waals surface area contributed by atoms with Gasteiger partial charge >= 0.3 is 6.18 Å². The van der Waals surface area contributed by atoms with Crippen LogP contribution in [0.4, 0.5) is 19.0 Å². The van der Waals surface area contributed by atoms with Gasteiger partial charge in [0, 0.05) is 17.3 Å². The van der Waals surface area contributed by atoms with E-state index in [1.165, 1.54) is 13.8 Å². The molecule has 8 heteroatoms. The van der Waals surface area contributed by atoms with E-state index in [0.717, 1.165) is 18.2 Å². The number of imide groups is 1. The molecule has 5 nitrogen and oxygen atoms in total. The van der Waals surface area contributed by atoms with Crippen LogP contribution in [0.1, 0.15) is 18.2 Å². The van der Waals surface area contributed by atoms with Gasteiger partial charge in [-0.2, -0.15) is 18.2 Å². The zero-order chi connectivity index (χ0) is 15.1. The molecule has 0 radical (unpaired) electrons. The highest BCUT2D eigenvalue weighted by molar-refractivity contribution is 6.16. The number of carbonyl (C=O) groups excluding carboxylic acids is 2. The summed E-state index contributed by atoms with van der Waals surface area (Å²) in [6.45, 7) is 2.82. The van der Waals surface area contributed by atoms with Crippen molar-refractivity contribution < 1.29 is 22.8 Å². The summed E-state index contributed by atoms with van der Waals surface area (Å²) in [4.78, 5) is 26.9. The average molecular weight is 285 g/mol. The van der Waals surface area contributed by atoms with E-state index in [1.807, 2.05) is 0 Å². The fourth-order valence-electron chi connectivity index (χ4n) is 1.70. The lowest BCUT2D eigenvalue weighted by atomic mass is 10.2. The topological polar surface area (TPSA) is 62.3 Å². The molecule has 1 aliphatic rings. The lowest BCUT2D eigenvalue weighted by Gasteiger charge is -2.17. The van der Waals surface area contributed by atoms with Crippen LogP contribution < -0.4 is 5.43 Å². The van der Waals surface area contributed by atoms with E-state index in [4.69, 9.17) is 0 Å². The first-order chi connectivity index (χ1) is 9.18. The van der Waals surface area contributed by atoms with Crippen LogP contribution in [0.25, 0.3) is 0 Å². The predicted molar refractivity (Wildman–Crippen MR) is 63.2 cm³/mol. The third kappa shape index (κ3) is 2.63. The number of halogens is 3. The number of rotatable bonds is 2. The van der Waals surface area contributed by atoms with Crippen LogP contribution in [0.3, 0.4) is 0 Å². The molecule has 106 valence electrons. The number of amides is 2. The number of anilines is 1. The molecule has 0 aromatic carbocycles. The van der Waals surface area contributed by atoms with E-state index in [-0.39, 0.29) is 17.1 Å². The number of nitrogens with zero attached hydrogens (tertiary/aromatic N) is 2. The van der Waals surface area contributed by atoms with Crippen molar-refractivity contribution >= 4 is 17.6 Å². The van der Waals surface area contributed by atoms with Gasteiger partial charge in [0.25, 0.3) is 11.8 Å². The van der Waals surface area contributed by atoms with Crippen LogP contribution in [0.2, 0.25) is 0 Å². The Labute approximate surface area is 112 Å². The first-order valence-electron chi connectivity index (χ1n) is 5.58. The number of alkyl halides is 3. The van der Waals surface area contributed by atoms with E-state index in [1.54, 1.807) is 0 Å². The first kappa shape index (κ1) is 14.0. The summed E-state index contributed by atoms with van der Waals surface area (Å²) < 4.78 is 38.0. The summed E-state index contributed by atoms with van der Waals surface area (Å²) in [6.07, 6.45) is -3.44. The number of aryl methyl sites for hydroxylation is 1. The highest BCUT2D eigenvalue weighted by Gasteiger charge is 2.33. The number of hydrogen-bond acceptors (Lipinski definition) is 4. The Morgan fingerprint density at radius 2 is 1.85 bits per heavy atom. The minimum absolute atomic E-state index is 0.117. The van der Waals surface area contributed by atoms with E-state index in [2.05, 4.69) is 10.4 Å². The van der Waals surface area contributed by atoms with Crippen molar-refractivity contribution in [2.45, 2.75) is 20.0 Å². The molecule has 2 heterocycles. The van der Waals surface area contributed by atoms with Crippen LogP contribution in [-0.2, 0) is 15.8 Å². The quantitative estimate of drug-likeness (QED) is 0.845. The van der Waals surface area contributed by atoms with E-state index >= 15 is 0 Å². The molecule has 0 spiro atoms. The van der Waals surface area contributed by atoms with Crippen LogP contribution in [0.15, 0.2) is 23.8 Å². The summed E-state index contributed by atoms with van der Waals surface area (Å²) in [5.74, 6) is -1.49. The van der Waals surface area contributed by atoms with Gasteiger partial charge in [-0.05, 0) is 26.0 Å². The van der Waals surface area contributed by atoms with Crippen molar-refractivity contribution in [2.24, 2.45) is 0 Å². The van der Waals surface area contributed by atoms with Gasteiger partial charge in [-0.25, -0.2) is 4.98 Å². The number of aromatic nitrogens is 1. The summed E-state index contributed by atoms with van der Waals surface area (Å²) >= 11 is 0. The van der Waals surface area contributed by atoms with E-state index < -0.39 is 23.6 Å². The molecule has 0 bridgehead atoms. The van der Waals surface area contributed by atoms with Crippen molar-refractivity contribution in [3.63, 3.8) is 0 Å². The molecule has 2 rings (SSSR count). The Kier molecular flexibility index (Phi) is 3.24. The smallest absolute Gasteiger partial charge is 0.271 e. The van der Waals surface area contributed by atoms with Crippen LogP contribution >= 0.6 is 0 Å². The summed E-state index contributed by atoms with van der Waals surface area (Å²) in [5, 5.41) is 0.622. The molecule has 2 amide bonds. The average Bonchev–Trinajstić information content (AvgIpc) is 2.54. The van der Waals surface area contributed by atoms with Crippen LogP contribution in [0, 0.1) is 6.92 Å². The number of nitrogens with one attached hydrogen (secondary N) is 1. The monoisotopic (exact) mass is 285 g/mol. The molecule has 1 aromatic rings. The maximum atomic E-state index is 12.7. The largest absolute Gasteiger partial charge is 0.416 e. The van der Waals surface area contributed by atoms with E-state index in [0.29, 0.717) is 5.01 Å². The van der Waals surface area contributed by atoms with Crippen LogP contribution in [-0.4, -0.2) is 21.8 Å². The third-order valence-electron chi connectivity index (χ3n) is 2.61. The van der Waals surface area contributed by atoms with Crippen molar-refractivity contribution in [3.8, 4) is 0 Å². The normalized spacial score (nSPS) is 15.7. The zero-order valence-corrected chi connectivity index (χ0v) is 10.6. The summed E-state index contributed by atoms with van der Waals surface area (Å²) in [6, 6.07) is 1.61. The second-order valence-corrected chi connectivity index (χ2v) is 4.30. The van der Waals surface area contributed by atoms with Gasteiger partial charge in [-0.1, -0.05) is 0 Å². The van der Waals surface area contributed by atoms with Crippen LogP contribution in [0.5, 0.6) is 0 Å². The molecule has 20 heavy (non-hydrogen) atoms. The minimum atomic E-state index is -4.53. The zero-order valence-electron chi connectivity index (χ0n) is 10.6. The molecule has 0 aliphatic carbocycles. The molecular formula is C12H10F3N3O2. The molecule has 0 fully saturated rings. The SMILES string of the molecule is CC1=CC(=O)N(Nc2cc(C(F)(F)F)cc(C)n2)C1=O. The van der Waals surface area contributed by atoms with Gasteiger partial charge in [0.2, 0.25) is 0 Å². The molecule has 1 aromatic heterocycles. The highest BCUT2D eigenvalue weighted by atomic mass is 19.4. The van der Waals surface area contributed by atoms with Gasteiger partial charge in [0.1, 0.15) is 5.82 Å². The fourth-order valence-corrected chi connectivity index (χ4v) is 1.70. The second-order valence-electron chi connectivity index (χ2n) is 4.30. The third-order valence-corrected chi connectivity index (χ3v) is 2.61. The number of hydrogen-bond donors (Lipinski definition) is 1. The predicted octanol–water partition coefficient (Wildman–Crippen LogP) is 2.05. The highest BCUT2D eigenvalue weighted by Crippen LogP contribution is 2.31. The van der Waals surface area contributed by atoms with Gasteiger partial charge in [0.05, 0.1) is 5.56 Å². The van der Waals surface area contributed by atoms with E-state index in [9.17, 15) is 22.8 Å². The van der Waals surface area contributed by atoms with Gasteiger partial charge in [0.15, 0.2) is 0 Å². The lowest BCUT2D eigenvalue weighted by Crippen LogP contribution is -2.36. The van der Waals surface area contributed by atoms with Crippen molar-refractivity contribution in [1.29, 1.82) is 0 Å². The molecular weight excluding hydrogens is 275 g/mol. The molecule has 1 aliphatic heterocycles. The molecule has 0 unspecified atom stereocenters. The van der Waals surface area contributed by atoms with Crippen molar-refractivity contribution in [3.05, 3.63) is 35.0 Å². The summed E-state index contributed by atoms with van der Waals surface area (Å²) in [5.41, 5.74) is 1.71. The molecule has 1 N–H and O–H groups in total. The Bertz CT molecular complexity index is 623. The fraction of sp³-hybridized carbons (Fsp3) is 0.250. The van der Waals surface area contributed by atoms with Crippen molar-refractivity contribution in [1.82, 2.24) is 9.99 Å². The number of pyridine rings is 1. The van der Waals surface area contributed by atoms with Gasteiger partial charge < -0.3 is 0 Å². The standard InChI is InChI=1S/C12H10F3N3O2/c1-6-3-10(19)18(11(6)20)17-9-5-8(12(13,14)15)4-7(2)16-9/h3-5H,1-2H3,(H,16,17). The minimum Gasteiger partial charge on any atom is -0.271 e. The Hall–Kier alpha value is -2.38. The first-order valence-corrected chi connectivity index (χ1v) is 5.58. The number of hydrazine groups is 1. The maximum absolute atomic E-state index is 12.7. The maximum Gasteiger partial charge on any atom is 0.416 e. The summed E-state index contributed by atoms with van der Waals surface area (Å²) in [7, 11) is 0. The lowest BCUT2D eigenvalue weighted by molar-refractivity contribution is -0.137. The van der Waals surface area contributed by atoms with Gasteiger partial charge in [-0.3, -0.25) is 15.0 Å².